The van der Waals surface area contributed by atoms with E-state index in [9.17, 15) is 9.90 Å². The smallest absolute Gasteiger partial charge is 0.254 e. The summed E-state index contributed by atoms with van der Waals surface area (Å²) in [6, 6.07) is 15.7. The maximum atomic E-state index is 11.1. The van der Waals surface area contributed by atoms with Crippen LogP contribution in [0.3, 0.4) is 0 Å². The molecular weight excluding hydrogens is 252 g/mol. The Balaban J connectivity index is 2.23. The molecule has 1 heterocycles. The highest BCUT2D eigenvalue weighted by Crippen LogP contribution is 2.19. The highest BCUT2D eigenvalue weighted by atomic mass is 16.4. The van der Waals surface area contributed by atoms with Gasteiger partial charge in [0.25, 0.3) is 5.69 Å². The third-order valence-electron chi connectivity index (χ3n) is 3.52. The molecule has 0 radical (unpaired) electrons. The fourth-order valence-corrected chi connectivity index (χ4v) is 2.57. The molecular formula is C16H14N2O2. The van der Waals surface area contributed by atoms with Gasteiger partial charge in [0, 0.05) is 6.07 Å². The first-order valence-corrected chi connectivity index (χ1v) is 6.37. The van der Waals surface area contributed by atoms with Gasteiger partial charge >= 0.3 is 0 Å². The van der Waals surface area contributed by atoms with Gasteiger partial charge < -0.3 is 9.90 Å². The zero-order chi connectivity index (χ0) is 14.3. The predicted octanol–water partition coefficient (Wildman–Crippen LogP) is 1.13. The summed E-state index contributed by atoms with van der Waals surface area (Å²) >= 11 is 0. The zero-order valence-electron chi connectivity index (χ0n) is 11.3. The van der Waals surface area contributed by atoms with Crippen molar-refractivity contribution in [2.75, 3.05) is 0 Å². The molecule has 3 rings (SSSR count). The average Bonchev–Trinajstić information content (AvgIpc) is 2.74. The predicted molar refractivity (Wildman–Crippen MR) is 73.5 cm³/mol. The number of hydrogen-bond donors (Lipinski definition) is 0. The SMILES string of the molecule is Cc1cc(C(=O)[O-])[n+](C)n1-c1ccc2ccccc2c1. The Morgan fingerprint density at radius 3 is 2.45 bits per heavy atom. The lowest BCUT2D eigenvalue weighted by Gasteiger charge is -2.05. The summed E-state index contributed by atoms with van der Waals surface area (Å²) < 4.78 is 3.45. The summed E-state index contributed by atoms with van der Waals surface area (Å²) in [5.74, 6) is -1.17. The van der Waals surface area contributed by atoms with Gasteiger partial charge in [-0.2, -0.15) is 0 Å². The van der Waals surface area contributed by atoms with Crippen LogP contribution in [0.1, 0.15) is 16.2 Å². The van der Waals surface area contributed by atoms with Crippen molar-refractivity contribution in [2.45, 2.75) is 6.92 Å². The van der Waals surface area contributed by atoms with E-state index in [-0.39, 0.29) is 5.69 Å². The van der Waals surface area contributed by atoms with Crippen LogP contribution in [0.5, 0.6) is 0 Å². The Kier molecular flexibility index (Phi) is 2.79. The van der Waals surface area contributed by atoms with Crippen molar-refractivity contribution in [3.05, 3.63) is 59.9 Å². The number of hydrogen-bond acceptors (Lipinski definition) is 2. The number of aryl methyl sites for hydroxylation is 1. The summed E-state index contributed by atoms with van der Waals surface area (Å²) in [6.45, 7) is 1.88. The normalized spacial score (nSPS) is 10.9. The molecule has 0 unspecified atom stereocenters. The first kappa shape index (κ1) is 12.4. The molecule has 4 heteroatoms. The van der Waals surface area contributed by atoms with Crippen molar-refractivity contribution in [2.24, 2.45) is 7.05 Å². The minimum atomic E-state index is -1.17. The first-order valence-electron chi connectivity index (χ1n) is 6.37. The molecule has 20 heavy (non-hydrogen) atoms. The van der Waals surface area contributed by atoms with Crippen molar-refractivity contribution in [3.63, 3.8) is 0 Å². The fraction of sp³-hybridized carbons (Fsp3) is 0.125. The quantitative estimate of drug-likeness (QED) is 0.653. The van der Waals surface area contributed by atoms with Crippen LogP contribution in [0.25, 0.3) is 16.5 Å². The van der Waals surface area contributed by atoms with Crippen LogP contribution in [0.2, 0.25) is 0 Å². The van der Waals surface area contributed by atoms with Gasteiger partial charge in [-0.1, -0.05) is 30.3 Å². The van der Waals surface area contributed by atoms with E-state index < -0.39 is 5.97 Å². The highest BCUT2D eigenvalue weighted by Gasteiger charge is 2.19. The minimum absolute atomic E-state index is 0.163. The minimum Gasteiger partial charge on any atom is -0.539 e. The third-order valence-corrected chi connectivity index (χ3v) is 3.52. The zero-order valence-corrected chi connectivity index (χ0v) is 11.3. The number of aromatic carboxylic acids is 1. The lowest BCUT2D eigenvalue weighted by molar-refractivity contribution is -0.748. The Morgan fingerprint density at radius 2 is 1.80 bits per heavy atom. The summed E-state index contributed by atoms with van der Waals surface area (Å²) in [5, 5.41) is 13.4. The Labute approximate surface area is 116 Å². The molecule has 4 nitrogen and oxygen atoms in total. The molecule has 0 spiro atoms. The number of benzene rings is 2. The van der Waals surface area contributed by atoms with E-state index in [1.165, 1.54) is 0 Å². The van der Waals surface area contributed by atoms with E-state index in [4.69, 9.17) is 0 Å². The summed E-state index contributed by atoms with van der Waals surface area (Å²) in [6.07, 6.45) is 0. The number of fused-ring (bicyclic) bond motifs is 1. The Bertz CT molecular complexity index is 818. The maximum absolute atomic E-state index is 11.1. The molecule has 0 saturated heterocycles. The molecule has 3 aromatic rings. The molecule has 0 bridgehead atoms. The second-order valence-electron chi connectivity index (χ2n) is 4.83. The number of carboxylic acids is 1. The van der Waals surface area contributed by atoms with Crippen LogP contribution in [-0.2, 0) is 7.05 Å². The summed E-state index contributed by atoms with van der Waals surface area (Å²) in [4.78, 5) is 11.1. The van der Waals surface area contributed by atoms with Gasteiger partial charge in [0.2, 0.25) is 0 Å². The largest absolute Gasteiger partial charge is 0.539 e. The fourth-order valence-electron chi connectivity index (χ4n) is 2.57. The van der Waals surface area contributed by atoms with E-state index in [0.717, 1.165) is 22.2 Å². The van der Waals surface area contributed by atoms with Crippen LogP contribution in [0, 0.1) is 6.92 Å². The Morgan fingerprint density at radius 1 is 1.10 bits per heavy atom. The number of carbonyl (C=O) groups is 1. The van der Waals surface area contributed by atoms with E-state index in [1.54, 1.807) is 17.8 Å². The number of rotatable bonds is 2. The van der Waals surface area contributed by atoms with Crippen LogP contribution >= 0.6 is 0 Å². The van der Waals surface area contributed by atoms with Crippen molar-refractivity contribution in [3.8, 4) is 5.69 Å². The number of carboxylic acid groups (broad SMARTS) is 1. The maximum Gasteiger partial charge on any atom is 0.254 e. The van der Waals surface area contributed by atoms with Gasteiger partial charge in [0.1, 0.15) is 11.7 Å². The standard InChI is InChI=1S/C16H14N2O2/c1-11-9-15(16(19)20)17(2)18(11)14-8-7-12-5-3-4-6-13(12)10-14/h3-10H,1-2H3. The van der Waals surface area contributed by atoms with Gasteiger partial charge in [-0.3, -0.25) is 0 Å². The molecule has 0 saturated carbocycles. The number of nitrogens with zero attached hydrogens (tertiary/aromatic N) is 2. The summed E-state index contributed by atoms with van der Waals surface area (Å²) in [5.41, 5.74) is 1.94. The van der Waals surface area contributed by atoms with Crippen LogP contribution in [0.15, 0.2) is 48.5 Å². The molecule has 100 valence electrons. The highest BCUT2D eigenvalue weighted by molar-refractivity contribution is 5.84. The lowest BCUT2D eigenvalue weighted by Crippen LogP contribution is -2.46. The Hall–Kier alpha value is -2.62. The van der Waals surface area contributed by atoms with Crippen molar-refractivity contribution in [1.29, 1.82) is 0 Å². The van der Waals surface area contributed by atoms with Crippen molar-refractivity contribution < 1.29 is 14.6 Å². The van der Waals surface area contributed by atoms with Gasteiger partial charge in [-0.05, 0) is 29.8 Å². The van der Waals surface area contributed by atoms with Gasteiger partial charge in [-0.15, -0.1) is 9.36 Å². The molecule has 0 amide bonds. The molecule has 0 atom stereocenters. The molecule has 0 aliphatic rings. The summed E-state index contributed by atoms with van der Waals surface area (Å²) in [7, 11) is 1.72. The van der Waals surface area contributed by atoms with Crippen molar-refractivity contribution in [1.82, 2.24) is 4.68 Å². The van der Waals surface area contributed by atoms with Crippen LogP contribution < -0.4 is 9.79 Å². The lowest BCUT2D eigenvalue weighted by atomic mass is 10.1. The van der Waals surface area contributed by atoms with Crippen molar-refractivity contribution >= 4 is 16.7 Å². The second kappa shape index (κ2) is 4.49. The molecule has 0 aliphatic carbocycles. The van der Waals surface area contributed by atoms with E-state index in [1.807, 2.05) is 54.1 Å². The molecule has 2 aromatic carbocycles. The molecule has 0 N–H and O–H groups in total. The van der Waals surface area contributed by atoms with Crippen LogP contribution in [-0.4, -0.2) is 10.7 Å². The molecule has 1 aromatic heterocycles. The number of carbonyl (C=O) groups excluding carboxylic acids is 1. The average molecular weight is 266 g/mol. The van der Waals surface area contributed by atoms with E-state index in [0.29, 0.717) is 0 Å². The monoisotopic (exact) mass is 266 g/mol. The molecule has 0 aliphatic heterocycles. The van der Waals surface area contributed by atoms with Gasteiger partial charge in [-0.25, -0.2) is 0 Å². The second-order valence-corrected chi connectivity index (χ2v) is 4.83. The third kappa shape index (κ3) is 1.86. The number of aromatic nitrogens is 2. The van der Waals surface area contributed by atoms with Gasteiger partial charge in [0.05, 0.1) is 5.69 Å². The van der Waals surface area contributed by atoms with Crippen LogP contribution in [0.4, 0.5) is 0 Å². The molecule has 0 fully saturated rings. The van der Waals surface area contributed by atoms with E-state index in [2.05, 4.69) is 0 Å². The first-order chi connectivity index (χ1) is 9.58. The topological polar surface area (TPSA) is 48.9 Å². The van der Waals surface area contributed by atoms with E-state index >= 15 is 0 Å². The van der Waals surface area contributed by atoms with Gasteiger partial charge in [0.15, 0.2) is 7.05 Å².